The van der Waals surface area contributed by atoms with E-state index in [4.69, 9.17) is 10.5 Å². The van der Waals surface area contributed by atoms with Crippen LogP contribution in [0, 0.1) is 11.6 Å². The van der Waals surface area contributed by atoms with Crippen molar-refractivity contribution in [2.45, 2.75) is 0 Å². The van der Waals surface area contributed by atoms with Crippen molar-refractivity contribution in [1.82, 2.24) is 9.97 Å². The van der Waals surface area contributed by atoms with E-state index in [0.717, 1.165) is 12.1 Å². The van der Waals surface area contributed by atoms with Crippen LogP contribution in [0.1, 0.15) is 0 Å². The van der Waals surface area contributed by atoms with Gasteiger partial charge in [-0.05, 0) is 12.1 Å². The second-order valence-corrected chi connectivity index (χ2v) is 4.10. The third-order valence-electron chi connectivity index (χ3n) is 2.69. The van der Waals surface area contributed by atoms with Crippen molar-refractivity contribution in [2.24, 2.45) is 0 Å². The molecule has 3 rings (SSSR count). The molecule has 100 valence electrons. The molecule has 0 atom stereocenters. The van der Waals surface area contributed by atoms with Gasteiger partial charge in [-0.15, -0.1) is 0 Å². The summed E-state index contributed by atoms with van der Waals surface area (Å²) < 4.78 is 32.1. The fourth-order valence-electron chi connectivity index (χ4n) is 1.72. The maximum atomic E-state index is 13.6. The van der Waals surface area contributed by atoms with Crippen LogP contribution in [0.25, 0.3) is 11.0 Å². The van der Waals surface area contributed by atoms with Crippen LogP contribution in [-0.4, -0.2) is 9.97 Å². The van der Waals surface area contributed by atoms with Gasteiger partial charge in [-0.25, -0.2) is 18.7 Å². The van der Waals surface area contributed by atoms with E-state index in [9.17, 15) is 8.78 Å². The molecule has 2 aromatic carbocycles. The number of ether oxygens (including phenoxy) is 1. The first-order valence-corrected chi connectivity index (χ1v) is 5.77. The van der Waals surface area contributed by atoms with Gasteiger partial charge in [0, 0.05) is 12.1 Å². The highest BCUT2D eigenvalue weighted by Gasteiger charge is 2.11. The van der Waals surface area contributed by atoms with Gasteiger partial charge in [-0.3, -0.25) is 0 Å². The standard InChI is InChI=1S/C14H9F2N3O/c15-8-6-13(9(16)5-10(8)17)20-14-7-18-11-3-1-2-4-12(11)19-14/h1-7H,17H2. The first-order valence-electron chi connectivity index (χ1n) is 5.77. The molecule has 1 heterocycles. The molecule has 4 nitrogen and oxygen atoms in total. The fraction of sp³-hybridized carbons (Fsp3) is 0. The summed E-state index contributed by atoms with van der Waals surface area (Å²) in [6.07, 6.45) is 1.34. The highest BCUT2D eigenvalue weighted by Crippen LogP contribution is 2.27. The van der Waals surface area contributed by atoms with Gasteiger partial charge in [0.05, 0.1) is 22.9 Å². The number of para-hydroxylation sites is 2. The van der Waals surface area contributed by atoms with Crippen LogP contribution in [0.2, 0.25) is 0 Å². The third kappa shape index (κ3) is 2.23. The molecule has 3 aromatic rings. The number of hydrogen-bond donors (Lipinski definition) is 1. The largest absolute Gasteiger partial charge is 0.434 e. The van der Waals surface area contributed by atoms with Crippen LogP contribution in [0.5, 0.6) is 11.6 Å². The summed E-state index contributed by atoms with van der Waals surface area (Å²) in [5.41, 5.74) is 6.26. The maximum Gasteiger partial charge on any atom is 0.238 e. The normalized spacial score (nSPS) is 10.7. The summed E-state index contributed by atoms with van der Waals surface area (Å²) in [6, 6.07) is 8.89. The van der Waals surface area contributed by atoms with Gasteiger partial charge < -0.3 is 10.5 Å². The molecule has 0 fully saturated rings. The molecule has 0 saturated heterocycles. The molecule has 0 aliphatic carbocycles. The van der Waals surface area contributed by atoms with Crippen molar-refractivity contribution >= 4 is 16.7 Å². The van der Waals surface area contributed by atoms with Gasteiger partial charge in [0.2, 0.25) is 5.88 Å². The van der Waals surface area contributed by atoms with E-state index < -0.39 is 11.6 Å². The number of hydrogen-bond acceptors (Lipinski definition) is 4. The summed E-state index contributed by atoms with van der Waals surface area (Å²) >= 11 is 0. The maximum absolute atomic E-state index is 13.6. The predicted molar refractivity (Wildman–Crippen MR) is 70.4 cm³/mol. The minimum atomic E-state index is -0.765. The molecule has 0 bridgehead atoms. The average Bonchev–Trinajstić information content (AvgIpc) is 2.44. The lowest BCUT2D eigenvalue weighted by atomic mass is 10.3. The molecular formula is C14H9F2N3O. The lowest BCUT2D eigenvalue weighted by Gasteiger charge is -2.07. The quantitative estimate of drug-likeness (QED) is 0.728. The van der Waals surface area contributed by atoms with Gasteiger partial charge >= 0.3 is 0 Å². The van der Waals surface area contributed by atoms with Crippen molar-refractivity contribution in [1.29, 1.82) is 0 Å². The smallest absolute Gasteiger partial charge is 0.238 e. The molecule has 0 saturated carbocycles. The molecular weight excluding hydrogens is 264 g/mol. The number of benzene rings is 2. The van der Waals surface area contributed by atoms with Crippen LogP contribution in [0.15, 0.2) is 42.6 Å². The molecule has 6 heteroatoms. The number of nitrogen functional groups attached to an aromatic ring is 1. The topological polar surface area (TPSA) is 61.0 Å². The first kappa shape index (κ1) is 12.3. The van der Waals surface area contributed by atoms with Gasteiger partial charge in [-0.2, -0.15) is 0 Å². The number of rotatable bonds is 2. The highest BCUT2D eigenvalue weighted by atomic mass is 19.1. The van der Waals surface area contributed by atoms with Crippen LogP contribution in [0.3, 0.4) is 0 Å². The van der Waals surface area contributed by atoms with Gasteiger partial charge in [0.15, 0.2) is 11.6 Å². The molecule has 1 aromatic heterocycles. The second-order valence-electron chi connectivity index (χ2n) is 4.10. The Kier molecular flexibility index (Phi) is 2.90. The minimum absolute atomic E-state index is 0.0757. The van der Waals surface area contributed by atoms with E-state index in [1.807, 2.05) is 6.07 Å². The van der Waals surface area contributed by atoms with Crippen LogP contribution in [-0.2, 0) is 0 Å². The fourth-order valence-corrected chi connectivity index (χ4v) is 1.72. The molecule has 0 spiro atoms. The lowest BCUT2D eigenvalue weighted by molar-refractivity contribution is 0.423. The summed E-state index contributed by atoms with van der Waals surface area (Å²) in [5.74, 6) is -1.73. The molecule has 0 aliphatic heterocycles. The molecule has 0 radical (unpaired) electrons. The lowest BCUT2D eigenvalue weighted by Crippen LogP contribution is -1.97. The molecule has 0 amide bonds. The minimum Gasteiger partial charge on any atom is -0.434 e. The number of halogens is 2. The Morgan fingerprint density at radius 3 is 2.55 bits per heavy atom. The van der Waals surface area contributed by atoms with Gasteiger partial charge in [0.25, 0.3) is 0 Å². The van der Waals surface area contributed by atoms with E-state index in [1.165, 1.54) is 6.20 Å². The number of nitrogens with two attached hydrogens (primary N) is 1. The Balaban J connectivity index is 1.99. The van der Waals surface area contributed by atoms with E-state index in [1.54, 1.807) is 18.2 Å². The zero-order chi connectivity index (χ0) is 14.1. The Morgan fingerprint density at radius 1 is 1.00 bits per heavy atom. The Hall–Kier alpha value is -2.76. The van der Waals surface area contributed by atoms with Crippen molar-refractivity contribution < 1.29 is 13.5 Å². The van der Waals surface area contributed by atoms with Crippen molar-refractivity contribution in [3.05, 3.63) is 54.2 Å². The molecule has 20 heavy (non-hydrogen) atoms. The highest BCUT2D eigenvalue weighted by molar-refractivity contribution is 5.74. The number of aromatic nitrogens is 2. The van der Waals surface area contributed by atoms with Crippen molar-refractivity contribution in [3.63, 3.8) is 0 Å². The first-order chi connectivity index (χ1) is 9.63. The molecule has 2 N–H and O–H groups in total. The zero-order valence-electron chi connectivity index (χ0n) is 10.2. The number of fused-ring (bicyclic) bond motifs is 1. The summed E-state index contributed by atoms with van der Waals surface area (Å²) in [5, 5.41) is 0. The number of nitrogens with zero attached hydrogens (tertiary/aromatic N) is 2. The van der Waals surface area contributed by atoms with E-state index >= 15 is 0 Å². The Morgan fingerprint density at radius 2 is 1.75 bits per heavy atom. The Bertz CT molecular complexity index is 792. The summed E-state index contributed by atoms with van der Waals surface area (Å²) in [7, 11) is 0. The number of anilines is 1. The molecule has 0 unspecified atom stereocenters. The van der Waals surface area contributed by atoms with Gasteiger partial charge in [-0.1, -0.05) is 12.1 Å². The van der Waals surface area contributed by atoms with Gasteiger partial charge in [0.1, 0.15) is 5.82 Å². The average molecular weight is 273 g/mol. The summed E-state index contributed by atoms with van der Waals surface area (Å²) in [4.78, 5) is 8.28. The van der Waals surface area contributed by atoms with E-state index in [-0.39, 0.29) is 17.3 Å². The van der Waals surface area contributed by atoms with Crippen molar-refractivity contribution in [3.8, 4) is 11.6 Å². The predicted octanol–water partition coefficient (Wildman–Crippen LogP) is 3.28. The Labute approximate surface area is 112 Å². The van der Waals surface area contributed by atoms with Crippen molar-refractivity contribution in [2.75, 3.05) is 5.73 Å². The van der Waals surface area contributed by atoms with Crippen LogP contribution < -0.4 is 10.5 Å². The third-order valence-corrected chi connectivity index (χ3v) is 2.69. The zero-order valence-corrected chi connectivity index (χ0v) is 10.2. The van der Waals surface area contributed by atoms with Crippen LogP contribution in [0.4, 0.5) is 14.5 Å². The SMILES string of the molecule is Nc1cc(F)c(Oc2cnc3ccccc3n2)cc1F. The summed E-state index contributed by atoms with van der Waals surface area (Å²) in [6.45, 7) is 0. The van der Waals surface area contributed by atoms with E-state index in [2.05, 4.69) is 9.97 Å². The second kappa shape index (κ2) is 4.73. The van der Waals surface area contributed by atoms with E-state index in [0.29, 0.717) is 11.0 Å². The monoisotopic (exact) mass is 273 g/mol. The van der Waals surface area contributed by atoms with Crippen LogP contribution >= 0.6 is 0 Å². The molecule has 0 aliphatic rings.